The third-order valence-corrected chi connectivity index (χ3v) is 5.56. The summed E-state index contributed by atoms with van der Waals surface area (Å²) in [7, 11) is -4.28. The first-order valence-electron chi connectivity index (χ1n) is 9.74. The lowest BCUT2D eigenvalue weighted by atomic mass is 10.0. The predicted octanol–water partition coefficient (Wildman–Crippen LogP) is 5.88. The number of unbranched alkanes of at least 4 members (excludes halogenated alkanes) is 11. The van der Waals surface area contributed by atoms with Gasteiger partial charge in [-0.05, 0) is 24.5 Å². The lowest BCUT2D eigenvalue weighted by Crippen LogP contribution is -2.03. The normalized spacial score (nSPS) is 11.8. The molecule has 0 radical (unpaired) electrons. The summed E-state index contributed by atoms with van der Waals surface area (Å²) in [6.45, 7) is 2.24. The topological polar surface area (TPSA) is 74.6 Å². The van der Waals surface area contributed by atoms with E-state index in [-0.39, 0.29) is 10.6 Å². The second kappa shape index (κ2) is 12.3. The van der Waals surface area contributed by atoms with Gasteiger partial charge in [0.2, 0.25) is 0 Å². The second-order valence-corrected chi connectivity index (χ2v) is 8.30. The molecule has 0 bridgehead atoms. The van der Waals surface area contributed by atoms with E-state index in [2.05, 4.69) is 6.92 Å². The van der Waals surface area contributed by atoms with Crippen LogP contribution in [0.25, 0.3) is 0 Å². The highest BCUT2D eigenvalue weighted by Crippen LogP contribution is 2.23. The number of aryl methyl sites for hydroxylation is 1. The van der Waals surface area contributed by atoms with Gasteiger partial charge in [-0.3, -0.25) is 4.55 Å². The van der Waals surface area contributed by atoms with Crippen molar-refractivity contribution in [2.75, 3.05) is 0 Å². The van der Waals surface area contributed by atoms with E-state index in [9.17, 15) is 18.1 Å². The average molecular weight is 371 g/mol. The minimum Gasteiger partial charge on any atom is -0.508 e. The van der Waals surface area contributed by atoms with Crippen LogP contribution < -0.4 is 0 Å². The number of aromatic hydroxyl groups is 1. The van der Waals surface area contributed by atoms with Crippen LogP contribution in [0, 0.1) is 0 Å². The van der Waals surface area contributed by atoms with Gasteiger partial charge in [0.15, 0.2) is 0 Å². The van der Waals surface area contributed by atoms with Gasteiger partial charge in [0.25, 0.3) is 10.1 Å². The smallest absolute Gasteiger partial charge is 0.294 e. The van der Waals surface area contributed by atoms with E-state index in [1.165, 1.54) is 63.9 Å². The highest BCUT2D eigenvalue weighted by atomic mass is 32.2. The summed E-state index contributed by atoms with van der Waals surface area (Å²) in [5.74, 6) is -0.147. The van der Waals surface area contributed by atoms with Crippen molar-refractivity contribution in [3.63, 3.8) is 0 Å². The van der Waals surface area contributed by atoms with Crippen LogP contribution in [0.3, 0.4) is 0 Å². The number of hydrogen-bond acceptors (Lipinski definition) is 3. The molecule has 5 heteroatoms. The van der Waals surface area contributed by atoms with Crippen LogP contribution in [0.1, 0.15) is 89.5 Å². The molecule has 0 heterocycles. The van der Waals surface area contributed by atoms with Crippen LogP contribution in [-0.4, -0.2) is 18.1 Å². The van der Waals surface area contributed by atoms with Gasteiger partial charge < -0.3 is 5.11 Å². The van der Waals surface area contributed by atoms with E-state index < -0.39 is 10.1 Å². The molecule has 2 N–H and O–H groups in total. The Morgan fingerprint density at radius 1 is 0.800 bits per heavy atom. The van der Waals surface area contributed by atoms with E-state index in [4.69, 9.17) is 0 Å². The molecule has 25 heavy (non-hydrogen) atoms. The lowest BCUT2D eigenvalue weighted by Gasteiger charge is -2.08. The maximum atomic E-state index is 11.4. The second-order valence-electron chi connectivity index (χ2n) is 6.91. The van der Waals surface area contributed by atoms with Gasteiger partial charge in [-0.1, -0.05) is 83.6 Å². The van der Waals surface area contributed by atoms with Crippen LogP contribution in [0.5, 0.6) is 5.75 Å². The molecule has 1 aromatic carbocycles. The van der Waals surface area contributed by atoms with Gasteiger partial charge >= 0.3 is 0 Å². The summed E-state index contributed by atoms with van der Waals surface area (Å²) in [5, 5.41) is 9.40. The fourth-order valence-electron chi connectivity index (χ4n) is 3.15. The summed E-state index contributed by atoms with van der Waals surface area (Å²) in [4.78, 5) is -0.171. The molecule has 0 aliphatic rings. The van der Waals surface area contributed by atoms with E-state index in [0.29, 0.717) is 12.0 Å². The van der Waals surface area contributed by atoms with Crippen LogP contribution in [-0.2, 0) is 16.5 Å². The zero-order chi connectivity index (χ0) is 18.5. The lowest BCUT2D eigenvalue weighted by molar-refractivity contribution is 0.464. The molecule has 0 saturated heterocycles. The first-order chi connectivity index (χ1) is 11.9. The van der Waals surface area contributed by atoms with Gasteiger partial charge in [-0.2, -0.15) is 8.42 Å². The van der Waals surface area contributed by atoms with Crippen LogP contribution >= 0.6 is 0 Å². The van der Waals surface area contributed by atoms with Gasteiger partial charge in [0.1, 0.15) is 10.6 Å². The van der Waals surface area contributed by atoms with Gasteiger partial charge in [-0.25, -0.2) is 0 Å². The molecule has 0 atom stereocenters. The maximum absolute atomic E-state index is 11.4. The van der Waals surface area contributed by atoms with Crippen molar-refractivity contribution >= 4 is 10.1 Å². The van der Waals surface area contributed by atoms with Gasteiger partial charge in [0, 0.05) is 6.07 Å². The Bertz CT molecular complexity index is 581. The maximum Gasteiger partial charge on any atom is 0.294 e. The quantitative estimate of drug-likeness (QED) is 0.317. The number of phenolic OH excluding ortho intramolecular Hbond substituents is 1. The van der Waals surface area contributed by atoms with Crippen molar-refractivity contribution in [3.05, 3.63) is 23.8 Å². The highest BCUT2D eigenvalue weighted by Gasteiger charge is 2.15. The molecule has 0 amide bonds. The zero-order valence-corrected chi connectivity index (χ0v) is 16.4. The summed E-state index contributed by atoms with van der Waals surface area (Å²) < 4.78 is 32.0. The fourth-order valence-corrected chi connectivity index (χ4v) is 3.92. The number of benzene rings is 1. The molecular formula is C20H34O4S. The molecular weight excluding hydrogens is 336 g/mol. The average Bonchev–Trinajstić information content (AvgIpc) is 2.56. The third kappa shape index (κ3) is 9.85. The monoisotopic (exact) mass is 370 g/mol. The zero-order valence-electron chi connectivity index (χ0n) is 15.5. The van der Waals surface area contributed by atoms with E-state index in [0.717, 1.165) is 25.3 Å². The first-order valence-corrected chi connectivity index (χ1v) is 11.2. The molecule has 0 aliphatic heterocycles. The Labute approximate surface area is 153 Å². The Morgan fingerprint density at radius 3 is 1.76 bits per heavy atom. The van der Waals surface area contributed by atoms with Crippen LogP contribution in [0.15, 0.2) is 23.1 Å². The van der Waals surface area contributed by atoms with E-state index in [1.807, 2.05) is 0 Å². The minimum atomic E-state index is -4.28. The third-order valence-electron chi connectivity index (χ3n) is 4.63. The highest BCUT2D eigenvalue weighted by molar-refractivity contribution is 7.85. The summed E-state index contributed by atoms with van der Waals surface area (Å²) in [5.41, 5.74) is 0.576. The molecule has 0 aliphatic carbocycles. The Kier molecular flexibility index (Phi) is 10.8. The molecule has 0 unspecified atom stereocenters. The Hall–Kier alpha value is -1.07. The molecule has 144 valence electrons. The molecule has 1 aromatic rings. The van der Waals surface area contributed by atoms with Crippen molar-refractivity contribution in [2.45, 2.75) is 95.3 Å². The standard InChI is InChI=1S/C20H34O4S/c1-2-3-4-5-6-7-8-9-10-11-12-13-14-18-15-16-19(21)17-20(18)25(22,23)24/h15-17,21H,2-14H2,1H3,(H,22,23,24). The van der Waals surface area contributed by atoms with E-state index >= 15 is 0 Å². The fraction of sp³-hybridized carbons (Fsp3) is 0.700. The van der Waals surface area contributed by atoms with Crippen molar-refractivity contribution in [1.29, 1.82) is 0 Å². The Morgan fingerprint density at radius 2 is 1.28 bits per heavy atom. The number of hydrogen-bond donors (Lipinski definition) is 2. The molecule has 1 rings (SSSR count). The SMILES string of the molecule is CCCCCCCCCCCCCCc1ccc(O)cc1S(=O)(=O)O. The number of rotatable bonds is 14. The minimum absolute atomic E-state index is 0.147. The van der Waals surface area contributed by atoms with Crippen LogP contribution in [0.4, 0.5) is 0 Å². The predicted molar refractivity (Wildman–Crippen MR) is 103 cm³/mol. The first kappa shape index (κ1) is 22.0. The van der Waals surface area contributed by atoms with Crippen LogP contribution in [0.2, 0.25) is 0 Å². The molecule has 0 aromatic heterocycles. The van der Waals surface area contributed by atoms with Crippen molar-refractivity contribution in [3.8, 4) is 5.75 Å². The summed E-state index contributed by atoms with van der Waals surface area (Å²) in [6, 6.07) is 4.16. The molecule has 4 nitrogen and oxygen atoms in total. The van der Waals surface area contributed by atoms with Gasteiger partial charge in [-0.15, -0.1) is 0 Å². The molecule has 0 fully saturated rings. The molecule has 0 spiro atoms. The summed E-state index contributed by atoms with van der Waals surface area (Å²) in [6.07, 6.45) is 15.7. The molecule has 0 saturated carbocycles. The largest absolute Gasteiger partial charge is 0.508 e. The number of phenols is 1. The Balaban J connectivity index is 2.13. The van der Waals surface area contributed by atoms with Crippen molar-refractivity contribution in [1.82, 2.24) is 0 Å². The summed E-state index contributed by atoms with van der Waals surface area (Å²) >= 11 is 0. The van der Waals surface area contributed by atoms with E-state index in [1.54, 1.807) is 6.07 Å². The van der Waals surface area contributed by atoms with Crippen molar-refractivity contribution < 1.29 is 18.1 Å². The van der Waals surface area contributed by atoms with Crippen molar-refractivity contribution in [2.24, 2.45) is 0 Å². The van der Waals surface area contributed by atoms with Gasteiger partial charge in [0.05, 0.1) is 0 Å².